The van der Waals surface area contributed by atoms with Crippen LogP contribution in [0.5, 0.6) is 0 Å². The Balaban J connectivity index is 1.67. The summed E-state index contributed by atoms with van der Waals surface area (Å²) in [4.78, 5) is 0. The van der Waals surface area contributed by atoms with Crippen molar-refractivity contribution in [2.45, 2.75) is 25.5 Å². The molecule has 80 valence electrons. The Hall–Kier alpha value is -0.835. The van der Waals surface area contributed by atoms with E-state index in [1.54, 1.807) is 0 Å². The van der Waals surface area contributed by atoms with Crippen molar-refractivity contribution < 1.29 is 14.4 Å². The fourth-order valence-corrected chi connectivity index (χ4v) is 1.69. The summed E-state index contributed by atoms with van der Waals surface area (Å²) < 4.78 is 10.7. The van der Waals surface area contributed by atoms with E-state index in [-0.39, 0.29) is 6.10 Å². The normalized spacial score (nSPS) is 20.9. The van der Waals surface area contributed by atoms with Gasteiger partial charge in [0.05, 0.1) is 19.3 Å². The standard InChI is InChI=1S/C11H15BO3/c13-12-7-6-11(15-12)9-14-8-10-4-2-1-3-5-10/h1-5,11,13H,6-9H2. The minimum absolute atomic E-state index is 0.0590. The number of ether oxygens (including phenoxy) is 1. The third-order valence-electron chi connectivity index (χ3n) is 2.50. The molecule has 0 amide bonds. The molecule has 3 nitrogen and oxygen atoms in total. The number of rotatable bonds is 4. The molecule has 15 heavy (non-hydrogen) atoms. The van der Waals surface area contributed by atoms with Crippen molar-refractivity contribution in [1.29, 1.82) is 0 Å². The molecule has 0 saturated carbocycles. The van der Waals surface area contributed by atoms with Crippen LogP contribution < -0.4 is 0 Å². The molecular weight excluding hydrogens is 191 g/mol. The van der Waals surface area contributed by atoms with E-state index in [9.17, 15) is 0 Å². The van der Waals surface area contributed by atoms with Crippen LogP contribution in [-0.4, -0.2) is 24.9 Å². The van der Waals surface area contributed by atoms with Crippen molar-refractivity contribution in [3.63, 3.8) is 0 Å². The van der Waals surface area contributed by atoms with Gasteiger partial charge in [-0.05, 0) is 18.3 Å². The van der Waals surface area contributed by atoms with E-state index in [1.807, 2.05) is 30.3 Å². The van der Waals surface area contributed by atoms with Gasteiger partial charge in [0.1, 0.15) is 0 Å². The SMILES string of the molecule is OB1CCC(COCc2ccccc2)O1. The monoisotopic (exact) mass is 206 g/mol. The first kappa shape index (κ1) is 10.7. The summed E-state index contributed by atoms with van der Waals surface area (Å²) in [5.74, 6) is 0. The molecule has 1 atom stereocenters. The van der Waals surface area contributed by atoms with Gasteiger partial charge in [0.15, 0.2) is 0 Å². The van der Waals surface area contributed by atoms with Gasteiger partial charge >= 0.3 is 7.12 Å². The molecule has 1 saturated heterocycles. The van der Waals surface area contributed by atoms with E-state index in [2.05, 4.69) is 0 Å². The summed E-state index contributed by atoms with van der Waals surface area (Å²) in [6, 6.07) is 10.0. The highest BCUT2D eigenvalue weighted by Gasteiger charge is 2.27. The molecule has 1 N–H and O–H groups in total. The number of hydrogen-bond acceptors (Lipinski definition) is 3. The minimum atomic E-state index is -0.588. The molecule has 0 radical (unpaired) electrons. The Morgan fingerprint density at radius 2 is 2.20 bits per heavy atom. The first-order valence-corrected chi connectivity index (χ1v) is 5.30. The third-order valence-corrected chi connectivity index (χ3v) is 2.50. The van der Waals surface area contributed by atoms with Gasteiger partial charge in [-0.2, -0.15) is 0 Å². The predicted octanol–water partition coefficient (Wildman–Crippen LogP) is 1.47. The van der Waals surface area contributed by atoms with E-state index in [4.69, 9.17) is 14.4 Å². The first-order valence-electron chi connectivity index (χ1n) is 5.30. The van der Waals surface area contributed by atoms with Crippen molar-refractivity contribution in [3.8, 4) is 0 Å². The molecule has 0 aromatic heterocycles. The second-order valence-corrected chi connectivity index (χ2v) is 3.79. The maximum atomic E-state index is 9.14. The van der Waals surface area contributed by atoms with Crippen LogP contribution in [0.15, 0.2) is 30.3 Å². The van der Waals surface area contributed by atoms with E-state index < -0.39 is 7.12 Å². The summed E-state index contributed by atoms with van der Waals surface area (Å²) >= 11 is 0. The molecular formula is C11H15BO3. The van der Waals surface area contributed by atoms with Crippen molar-refractivity contribution in [3.05, 3.63) is 35.9 Å². The van der Waals surface area contributed by atoms with Crippen molar-refractivity contribution in [2.75, 3.05) is 6.61 Å². The summed E-state index contributed by atoms with van der Waals surface area (Å²) in [5.41, 5.74) is 1.16. The Morgan fingerprint density at radius 3 is 2.87 bits per heavy atom. The van der Waals surface area contributed by atoms with Crippen molar-refractivity contribution in [2.24, 2.45) is 0 Å². The lowest BCUT2D eigenvalue weighted by molar-refractivity contribution is 0.0436. The summed E-state index contributed by atoms with van der Waals surface area (Å²) in [5, 5.41) is 9.14. The van der Waals surface area contributed by atoms with Crippen LogP contribution in [0.3, 0.4) is 0 Å². The molecule has 1 heterocycles. The van der Waals surface area contributed by atoms with Gasteiger partial charge in [0.2, 0.25) is 0 Å². The largest absolute Gasteiger partial charge is 0.454 e. The van der Waals surface area contributed by atoms with E-state index in [1.165, 1.54) is 0 Å². The quantitative estimate of drug-likeness (QED) is 0.758. The summed E-state index contributed by atoms with van der Waals surface area (Å²) in [7, 11) is -0.588. The van der Waals surface area contributed by atoms with Crippen LogP contribution in [0.2, 0.25) is 6.32 Å². The zero-order valence-electron chi connectivity index (χ0n) is 8.63. The zero-order valence-corrected chi connectivity index (χ0v) is 8.63. The zero-order chi connectivity index (χ0) is 10.5. The van der Waals surface area contributed by atoms with Gasteiger partial charge < -0.3 is 14.4 Å². The molecule has 4 heteroatoms. The highest BCUT2D eigenvalue weighted by Crippen LogP contribution is 2.16. The van der Waals surface area contributed by atoms with E-state index in [0.717, 1.165) is 18.3 Å². The molecule has 0 spiro atoms. The molecule has 1 unspecified atom stereocenters. The minimum Gasteiger partial charge on any atom is -0.427 e. The average molecular weight is 206 g/mol. The smallest absolute Gasteiger partial charge is 0.427 e. The molecule has 0 aliphatic carbocycles. The van der Waals surface area contributed by atoms with Crippen LogP contribution in [0.1, 0.15) is 12.0 Å². The lowest BCUT2D eigenvalue weighted by atomic mass is 9.87. The first-order chi connectivity index (χ1) is 7.34. The van der Waals surface area contributed by atoms with Crippen LogP contribution in [-0.2, 0) is 16.0 Å². The number of hydrogen-bond donors (Lipinski definition) is 1. The Kier molecular flexibility index (Phi) is 3.77. The molecule has 0 bridgehead atoms. The second kappa shape index (κ2) is 5.30. The molecule has 2 rings (SSSR count). The fraction of sp³-hybridized carbons (Fsp3) is 0.455. The van der Waals surface area contributed by atoms with Gasteiger partial charge in [-0.1, -0.05) is 30.3 Å². The lowest BCUT2D eigenvalue weighted by Crippen LogP contribution is -2.19. The van der Waals surface area contributed by atoms with Gasteiger partial charge in [0, 0.05) is 0 Å². The predicted molar refractivity (Wildman–Crippen MR) is 58.4 cm³/mol. The third kappa shape index (κ3) is 3.34. The highest BCUT2D eigenvalue weighted by molar-refractivity contribution is 6.43. The van der Waals surface area contributed by atoms with Crippen LogP contribution in [0, 0.1) is 0 Å². The molecule has 1 aromatic carbocycles. The topological polar surface area (TPSA) is 38.7 Å². The summed E-state index contributed by atoms with van der Waals surface area (Å²) in [6.07, 6.45) is 1.67. The van der Waals surface area contributed by atoms with Gasteiger partial charge in [-0.15, -0.1) is 0 Å². The fourth-order valence-electron chi connectivity index (χ4n) is 1.69. The highest BCUT2D eigenvalue weighted by atomic mass is 16.6. The number of benzene rings is 1. The second-order valence-electron chi connectivity index (χ2n) is 3.79. The lowest BCUT2D eigenvalue weighted by Gasteiger charge is -2.11. The van der Waals surface area contributed by atoms with Crippen LogP contribution in [0.4, 0.5) is 0 Å². The van der Waals surface area contributed by atoms with Crippen LogP contribution in [0.25, 0.3) is 0 Å². The Morgan fingerprint density at radius 1 is 1.40 bits per heavy atom. The maximum absolute atomic E-state index is 9.14. The molecule has 1 aromatic rings. The molecule has 1 aliphatic rings. The summed E-state index contributed by atoms with van der Waals surface area (Å²) in [6.45, 7) is 1.17. The van der Waals surface area contributed by atoms with Crippen LogP contribution >= 0.6 is 0 Å². The van der Waals surface area contributed by atoms with Crippen molar-refractivity contribution >= 4 is 7.12 Å². The van der Waals surface area contributed by atoms with E-state index in [0.29, 0.717) is 13.2 Å². The van der Waals surface area contributed by atoms with Gasteiger partial charge in [-0.3, -0.25) is 0 Å². The van der Waals surface area contributed by atoms with Gasteiger partial charge in [-0.25, -0.2) is 0 Å². The Labute approximate surface area is 90.2 Å². The van der Waals surface area contributed by atoms with Gasteiger partial charge in [0.25, 0.3) is 0 Å². The van der Waals surface area contributed by atoms with E-state index >= 15 is 0 Å². The Bertz CT molecular complexity index is 291. The van der Waals surface area contributed by atoms with Crippen molar-refractivity contribution in [1.82, 2.24) is 0 Å². The maximum Gasteiger partial charge on any atom is 0.454 e. The average Bonchev–Trinajstić information content (AvgIpc) is 2.66. The molecule has 1 aliphatic heterocycles. The molecule has 1 fully saturated rings.